The summed E-state index contributed by atoms with van der Waals surface area (Å²) in [4.78, 5) is 15.2. The van der Waals surface area contributed by atoms with Crippen molar-refractivity contribution in [3.05, 3.63) is 46.2 Å². The zero-order valence-corrected chi connectivity index (χ0v) is 15.4. The third-order valence-corrected chi connectivity index (χ3v) is 5.71. The van der Waals surface area contributed by atoms with E-state index in [0.29, 0.717) is 21.4 Å². The molecule has 2 aromatic rings. The van der Waals surface area contributed by atoms with Crippen molar-refractivity contribution in [3.63, 3.8) is 0 Å². The maximum atomic E-state index is 13.2. The second kappa shape index (κ2) is 6.54. The van der Waals surface area contributed by atoms with Crippen LogP contribution in [-0.4, -0.2) is 39.8 Å². The molecule has 0 saturated carbocycles. The number of benzene rings is 1. The molecule has 1 amide bonds. The van der Waals surface area contributed by atoms with Gasteiger partial charge in [-0.2, -0.15) is 5.10 Å². The highest BCUT2D eigenvalue weighted by molar-refractivity contribution is 6.31. The standard InChI is InChI=1S/C18H19Cl2N3O2/c1-25-17-5-2-11(19)6-16(17)18(24)23-13-3-4-14(23)8-15(7-13)22-10-12(20)9-21-22/h2,5-6,9-10,13-15H,3-4,7-8H2,1H3. The first kappa shape index (κ1) is 16.7. The predicted octanol–water partition coefficient (Wildman–Crippen LogP) is 4.21. The lowest BCUT2D eigenvalue weighted by Crippen LogP contribution is -2.47. The summed E-state index contributed by atoms with van der Waals surface area (Å²) < 4.78 is 7.30. The Balaban J connectivity index is 1.59. The minimum absolute atomic E-state index is 0.00352. The Morgan fingerprint density at radius 1 is 1.16 bits per heavy atom. The fourth-order valence-electron chi connectivity index (χ4n) is 4.20. The molecule has 2 fully saturated rings. The van der Waals surface area contributed by atoms with Crippen LogP contribution in [0.1, 0.15) is 42.1 Å². The molecule has 25 heavy (non-hydrogen) atoms. The molecule has 2 aliphatic rings. The highest BCUT2D eigenvalue weighted by Crippen LogP contribution is 2.42. The van der Waals surface area contributed by atoms with E-state index in [0.717, 1.165) is 25.7 Å². The molecule has 1 aromatic carbocycles. The summed E-state index contributed by atoms with van der Waals surface area (Å²) in [6, 6.07) is 5.89. The van der Waals surface area contributed by atoms with Gasteiger partial charge in [-0.3, -0.25) is 9.48 Å². The number of piperidine rings is 1. The number of ether oxygens (including phenoxy) is 1. The summed E-state index contributed by atoms with van der Waals surface area (Å²) in [6.07, 6.45) is 7.35. The molecule has 2 aliphatic heterocycles. The van der Waals surface area contributed by atoms with Gasteiger partial charge in [0.25, 0.3) is 5.91 Å². The molecule has 1 aromatic heterocycles. The van der Waals surface area contributed by atoms with Crippen LogP contribution in [0.15, 0.2) is 30.6 Å². The Morgan fingerprint density at radius 3 is 2.48 bits per heavy atom. The van der Waals surface area contributed by atoms with Crippen LogP contribution in [-0.2, 0) is 0 Å². The molecule has 7 heteroatoms. The molecule has 4 rings (SSSR count). The third kappa shape index (κ3) is 3.00. The van der Waals surface area contributed by atoms with Crippen LogP contribution in [0.3, 0.4) is 0 Å². The first-order chi connectivity index (χ1) is 12.1. The van der Waals surface area contributed by atoms with Gasteiger partial charge in [-0.25, -0.2) is 0 Å². The van der Waals surface area contributed by atoms with E-state index in [4.69, 9.17) is 27.9 Å². The van der Waals surface area contributed by atoms with Crippen LogP contribution in [0.25, 0.3) is 0 Å². The molecule has 3 heterocycles. The minimum atomic E-state index is 0.00352. The Bertz CT molecular complexity index is 793. The smallest absolute Gasteiger partial charge is 0.258 e. The number of rotatable bonds is 3. The quantitative estimate of drug-likeness (QED) is 0.802. The number of amides is 1. The monoisotopic (exact) mass is 379 g/mol. The maximum Gasteiger partial charge on any atom is 0.258 e. The van der Waals surface area contributed by atoms with E-state index in [9.17, 15) is 4.79 Å². The van der Waals surface area contributed by atoms with E-state index in [2.05, 4.69) is 5.10 Å². The van der Waals surface area contributed by atoms with Gasteiger partial charge in [-0.15, -0.1) is 0 Å². The number of fused-ring (bicyclic) bond motifs is 2. The van der Waals surface area contributed by atoms with Crippen LogP contribution >= 0.6 is 23.2 Å². The summed E-state index contributed by atoms with van der Waals surface area (Å²) in [5.74, 6) is 0.568. The first-order valence-electron chi connectivity index (χ1n) is 8.42. The van der Waals surface area contributed by atoms with Crippen molar-refractivity contribution in [2.75, 3.05) is 7.11 Å². The Hall–Kier alpha value is -1.72. The Kier molecular flexibility index (Phi) is 4.38. The zero-order valence-electron chi connectivity index (χ0n) is 13.9. The van der Waals surface area contributed by atoms with Crippen LogP contribution in [0.4, 0.5) is 0 Å². The van der Waals surface area contributed by atoms with Gasteiger partial charge in [0.15, 0.2) is 0 Å². The zero-order chi connectivity index (χ0) is 17.6. The fraction of sp³-hybridized carbons (Fsp3) is 0.444. The van der Waals surface area contributed by atoms with Crippen molar-refractivity contribution in [2.24, 2.45) is 0 Å². The molecule has 2 unspecified atom stereocenters. The second-order valence-corrected chi connectivity index (χ2v) is 7.58. The van der Waals surface area contributed by atoms with Crippen molar-refractivity contribution in [3.8, 4) is 5.75 Å². The average Bonchev–Trinajstić information content (AvgIpc) is 3.15. The van der Waals surface area contributed by atoms with Gasteiger partial charge >= 0.3 is 0 Å². The Morgan fingerprint density at radius 2 is 1.88 bits per heavy atom. The number of aromatic nitrogens is 2. The molecule has 0 aliphatic carbocycles. The van der Waals surface area contributed by atoms with Gasteiger partial charge in [-0.05, 0) is 43.9 Å². The summed E-state index contributed by atoms with van der Waals surface area (Å²) in [5.41, 5.74) is 0.535. The normalized spacial score (nSPS) is 25.2. The molecule has 0 spiro atoms. The lowest BCUT2D eigenvalue weighted by atomic mass is 9.96. The van der Waals surface area contributed by atoms with E-state index >= 15 is 0 Å². The highest BCUT2D eigenvalue weighted by atomic mass is 35.5. The molecule has 132 valence electrons. The van der Waals surface area contributed by atoms with Crippen LogP contribution in [0.2, 0.25) is 10.0 Å². The lowest BCUT2D eigenvalue weighted by molar-refractivity contribution is 0.0521. The molecule has 5 nitrogen and oxygen atoms in total. The van der Waals surface area contributed by atoms with Crippen molar-refractivity contribution in [2.45, 2.75) is 43.8 Å². The van der Waals surface area contributed by atoms with Crippen LogP contribution in [0, 0.1) is 0 Å². The first-order valence-corrected chi connectivity index (χ1v) is 9.18. The number of carbonyl (C=O) groups is 1. The number of hydrogen-bond donors (Lipinski definition) is 0. The topological polar surface area (TPSA) is 47.4 Å². The SMILES string of the molecule is COc1ccc(Cl)cc1C(=O)N1C2CCC1CC(n1cc(Cl)cn1)C2. The minimum Gasteiger partial charge on any atom is -0.496 e. The lowest BCUT2D eigenvalue weighted by Gasteiger charge is -2.39. The largest absolute Gasteiger partial charge is 0.496 e. The van der Waals surface area contributed by atoms with E-state index < -0.39 is 0 Å². The van der Waals surface area contributed by atoms with Crippen LogP contribution in [0.5, 0.6) is 5.75 Å². The number of nitrogens with zero attached hydrogens (tertiary/aromatic N) is 3. The number of hydrogen-bond acceptors (Lipinski definition) is 3. The van der Waals surface area contributed by atoms with Gasteiger partial charge in [0.05, 0.1) is 29.9 Å². The predicted molar refractivity (Wildman–Crippen MR) is 96.5 cm³/mol. The van der Waals surface area contributed by atoms with Gasteiger partial charge in [0, 0.05) is 23.3 Å². The summed E-state index contributed by atoms with van der Waals surface area (Å²) in [6.45, 7) is 0. The van der Waals surface area contributed by atoms with Gasteiger partial charge in [0.1, 0.15) is 5.75 Å². The average molecular weight is 380 g/mol. The summed E-state index contributed by atoms with van der Waals surface area (Å²) >= 11 is 12.1. The van der Waals surface area contributed by atoms with Gasteiger partial charge < -0.3 is 9.64 Å². The van der Waals surface area contributed by atoms with E-state index in [-0.39, 0.29) is 24.0 Å². The molecule has 0 N–H and O–H groups in total. The number of methoxy groups -OCH3 is 1. The second-order valence-electron chi connectivity index (χ2n) is 6.71. The number of halogens is 2. The van der Waals surface area contributed by atoms with E-state index in [1.165, 1.54) is 0 Å². The van der Waals surface area contributed by atoms with E-state index in [1.54, 1.807) is 31.5 Å². The van der Waals surface area contributed by atoms with Crippen molar-refractivity contribution in [1.29, 1.82) is 0 Å². The van der Waals surface area contributed by atoms with Crippen molar-refractivity contribution >= 4 is 29.1 Å². The number of carbonyl (C=O) groups excluding carboxylic acids is 1. The van der Waals surface area contributed by atoms with E-state index in [1.807, 2.05) is 15.8 Å². The third-order valence-electron chi connectivity index (χ3n) is 5.28. The van der Waals surface area contributed by atoms with Crippen molar-refractivity contribution < 1.29 is 9.53 Å². The van der Waals surface area contributed by atoms with Crippen molar-refractivity contribution in [1.82, 2.24) is 14.7 Å². The van der Waals surface area contributed by atoms with Gasteiger partial charge in [0.2, 0.25) is 0 Å². The fourth-order valence-corrected chi connectivity index (χ4v) is 4.51. The van der Waals surface area contributed by atoms with Crippen LogP contribution < -0.4 is 4.74 Å². The molecule has 0 radical (unpaired) electrons. The molecular formula is C18H19Cl2N3O2. The van der Waals surface area contributed by atoms with Gasteiger partial charge in [-0.1, -0.05) is 23.2 Å². The maximum absolute atomic E-state index is 13.2. The highest BCUT2D eigenvalue weighted by Gasteiger charge is 2.44. The summed E-state index contributed by atoms with van der Waals surface area (Å²) in [7, 11) is 1.57. The molecule has 2 bridgehead atoms. The summed E-state index contributed by atoms with van der Waals surface area (Å²) in [5, 5.41) is 5.53. The molecule has 2 atom stereocenters. The Labute approximate surface area is 156 Å². The molecular weight excluding hydrogens is 361 g/mol. The molecule has 2 saturated heterocycles.